The van der Waals surface area contributed by atoms with Gasteiger partial charge >= 0.3 is 0 Å². The summed E-state index contributed by atoms with van der Waals surface area (Å²) in [7, 11) is 0. The van der Waals surface area contributed by atoms with Gasteiger partial charge < -0.3 is 0 Å². The van der Waals surface area contributed by atoms with E-state index in [1.807, 2.05) is 0 Å². The van der Waals surface area contributed by atoms with Gasteiger partial charge in [-0.15, -0.1) is 0 Å². The zero-order chi connectivity index (χ0) is 13.1. The SMILES string of the molecule is CC(=O)c1cc(Sc2ncns2)ccc1[N+](=O)[O-]. The second-order valence-corrected chi connectivity index (χ2v) is 5.40. The third-order valence-corrected chi connectivity index (χ3v) is 3.79. The third-order valence-electron chi connectivity index (χ3n) is 2.09. The predicted octanol–water partition coefficient (Wildman–Crippen LogP) is 2.80. The van der Waals surface area contributed by atoms with E-state index in [1.54, 1.807) is 6.07 Å². The van der Waals surface area contributed by atoms with Gasteiger partial charge in [-0.2, -0.15) is 4.37 Å². The number of ketones is 1. The molecule has 92 valence electrons. The molecule has 0 aliphatic rings. The highest BCUT2D eigenvalue weighted by atomic mass is 32.2. The number of hydrogen-bond acceptors (Lipinski definition) is 7. The first-order chi connectivity index (χ1) is 8.58. The van der Waals surface area contributed by atoms with Crippen molar-refractivity contribution in [3.8, 4) is 0 Å². The molecule has 0 aliphatic heterocycles. The van der Waals surface area contributed by atoms with Crippen molar-refractivity contribution in [2.24, 2.45) is 0 Å². The number of rotatable bonds is 4. The van der Waals surface area contributed by atoms with Crippen LogP contribution < -0.4 is 0 Å². The van der Waals surface area contributed by atoms with Crippen molar-refractivity contribution in [2.75, 3.05) is 0 Å². The van der Waals surface area contributed by atoms with Crippen LogP contribution in [0.2, 0.25) is 0 Å². The summed E-state index contributed by atoms with van der Waals surface area (Å²) < 4.78 is 4.58. The average Bonchev–Trinajstić information content (AvgIpc) is 2.81. The molecule has 1 heterocycles. The lowest BCUT2D eigenvalue weighted by Crippen LogP contribution is -2.00. The summed E-state index contributed by atoms with van der Waals surface area (Å²) in [6, 6.07) is 4.43. The number of benzene rings is 1. The maximum atomic E-state index is 11.4. The van der Waals surface area contributed by atoms with E-state index in [0.717, 1.165) is 9.24 Å². The number of nitrogens with zero attached hydrogens (tertiary/aromatic N) is 3. The van der Waals surface area contributed by atoms with Crippen molar-refractivity contribution in [1.82, 2.24) is 9.36 Å². The van der Waals surface area contributed by atoms with Crippen LogP contribution in [0.15, 0.2) is 33.8 Å². The molecule has 0 saturated carbocycles. The molecule has 0 saturated heterocycles. The van der Waals surface area contributed by atoms with Crippen molar-refractivity contribution in [3.63, 3.8) is 0 Å². The van der Waals surface area contributed by atoms with E-state index in [1.165, 1.54) is 48.7 Å². The summed E-state index contributed by atoms with van der Waals surface area (Å²) in [6.07, 6.45) is 1.43. The molecule has 0 bridgehead atoms. The van der Waals surface area contributed by atoms with Crippen molar-refractivity contribution in [1.29, 1.82) is 0 Å². The van der Waals surface area contributed by atoms with Crippen molar-refractivity contribution in [3.05, 3.63) is 40.2 Å². The van der Waals surface area contributed by atoms with Crippen LogP contribution in [0.1, 0.15) is 17.3 Å². The van der Waals surface area contributed by atoms with Gasteiger partial charge in [-0.3, -0.25) is 14.9 Å². The molecule has 0 atom stereocenters. The Morgan fingerprint density at radius 3 is 2.83 bits per heavy atom. The Balaban J connectivity index is 2.37. The molecule has 0 fully saturated rings. The van der Waals surface area contributed by atoms with Crippen LogP contribution in [0.3, 0.4) is 0 Å². The number of hydrogen-bond donors (Lipinski definition) is 0. The van der Waals surface area contributed by atoms with Gasteiger partial charge in [0.25, 0.3) is 5.69 Å². The van der Waals surface area contributed by atoms with Gasteiger partial charge in [-0.05, 0) is 30.6 Å². The minimum absolute atomic E-state index is 0.106. The van der Waals surface area contributed by atoms with Crippen LogP contribution in [0, 0.1) is 10.1 Å². The molecule has 8 heteroatoms. The molecule has 1 aromatic heterocycles. The normalized spacial score (nSPS) is 10.3. The summed E-state index contributed by atoms with van der Waals surface area (Å²) in [6.45, 7) is 1.31. The minimum atomic E-state index is -0.559. The van der Waals surface area contributed by atoms with E-state index in [9.17, 15) is 14.9 Å². The van der Waals surface area contributed by atoms with E-state index in [2.05, 4.69) is 9.36 Å². The van der Waals surface area contributed by atoms with Crippen LogP contribution in [-0.2, 0) is 0 Å². The molecule has 1 aromatic carbocycles. The Labute approximate surface area is 110 Å². The summed E-state index contributed by atoms with van der Waals surface area (Å²) in [5.74, 6) is -0.332. The fourth-order valence-corrected chi connectivity index (χ4v) is 2.79. The fraction of sp³-hybridized carbons (Fsp3) is 0.100. The van der Waals surface area contributed by atoms with E-state index in [0.29, 0.717) is 0 Å². The van der Waals surface area contributed by atoms with Gasteiger partial charge in [-0.25, -0.2) is 4.98 Å². The zero-order valence-electron chi connectivity index (χ0n) is 9.19. The number of carbonyl (C=O) groups is 1. The lowest BCUT2D eigenvalue weighted by molar-refractivity contribution is -0.385. The number of aromatic nitrogens is 2. The largest absolute Gasteiger partial charge is 0.294 e. The Hall–Kier alpha value is -1.80. The molecule has 0 unspecified atom stereocenters. The first-order valence-corrected chi connectivity index (χ1v) is 6.41. The average molecular weight is 281 g/mol. The first-order valence-electron chi connectivity index (χ1n) is 4.82. The Morgan fingerprint density at radius 2 is 2.28 bits per heavy atom. The summed E-state index contributed by atoms with van der Waals surface area (Å²) in [5, 5.41) is 10.8. The van der Waals surface area contributed by atoms with Gasteiger partial charge in [0, 0.05) is 11.0 Å². The van der Waals surface area contributed by atoms with Crippen molar-refractivity contribution in [2.45, 2.75) is 16.2 Å². The van der Waals surface area contributed by atoms with Crippen molar-refractivity contribution < 1.29 is 9.72 Å². The van der Waals surface area contributed by atoms with E-state index < -0.39 is 4.92 Å². The third kappa shape index (κ3) is 2.71. The topological polar surface area (TPSA) is 86.0 Å². The summed E-state index contributed by atoms with van der Waals surface area (Å²) in [4.78, 5) is 26.3. The quantitative estimate of drug-likeness (QED) is 0.486. The fourth-order valence-electron chi connectivity index (χ4n) is 1.33. The molecular weight excluding hydrogens is 274 g/mol. The highest BCUT2D eigenvalue weighted by Gasteiger charge is 2.18. The highest BCUT2D eigenvalue weighted by molar-refractivity contribution is 8.01. The van der Waals surface area contributed by atoms with E-state index in [4.69, 9.17) is 0 Å². The lowest BCUT2D eigenvalue weighted by Gasteiger charge is -2.02. The summed E-state index contributed by atoms with van der Waals surface area (Å²) in [5.41, 5.74) is -0.0707. The zero-order valence-corrected chi connectivity index (χ0v) is 10.8. The van der Waals surface area contributed by atoms with Gasteiger partial charge in [0.1, 0.15) is 6.33 Å². The maximum absolute atomic E-state index is 11.4. The first kappa shape index (κ1) is 12.7. The van der Waals surface area contributed by atoms with Gasteiger partial charge in [-0.1, -0.05) is 11.8 Å². The highest BCUT2D eigenvalue weighted by Crippen LogP contribution is 2.31. The minimum Gasteiger partial charge on any atom is -0.294 e. The molecule has 0 aliphatic carbocycles. The smallest absolute Gasteiger partial charge is 0.280 e. The lowest BCUT2D eigenvalue weighted by atomic mass is 10.1. The number of nitro benzene ring substituents is 1. The number of Topliss-reactive ketones (excluding diaryl/α,β-unsaturated/α-hetero) is 1. The van der Waals surface area contributed by atoms with Crippen LogP contribution in [0.4, 0.5) is 5.69 Å². The molecule has 18 heavy (non-hydrogen) atoms. The molecule has 6 nitrogen and oxygen atoms in total. The van der Waals surface area contributed by atoms with Crippen LogP contribution in [0.5, 0.6) is 0 Å². The second kappa shape index (κ2) is 5.23. The monoisotopic (exact) mass is 281 g/mol. The molecular formula is C10H7N3O3S2. The molecule has 0 spiro atoms. The van der Waals surface area contributed by atoms with Crippen molar-refractivity contribution >= 4 is 34.8 Å². The van der Waals surface area contributed by atoms with Gasteiger partial charge in [0.05, 0.1) is 10.5 Å². The summed E-state index contributed by atoms with van der Waals surface area (Å²) >= 11 is 2.54. The molecule has 2 rings (SSSR count). The molecule has 0 N–H and O–H groups in total. The number of carbonyl (C=O) groups excluding carboxylic acids is 1. The van der Waals surface area contributed by atoms with Gasteiger partial charge in [0.15, 0.2) is 10.1 Å². The standard InChI is InChI=1S/C10H7N3O3S2/c1-6(14)8-4-7(2-3-9(8)13(15)16)17-10-11-5-12-18-10/h2-5H,1H3. The second-order valence-electron chi connectivity index (χ2n) is 3.30. The van der Waals surface area contributed by atoms with E-state index >= 15 is 0 Å². The van der Waals surface area contributed by atoms with Gasteiger partial charge in [0.2, 0.25) is 0 Å². The Kier molecular flexibility index (Phi) is 3.68. The van der Waals surface area contributed by atoms with Crippen LogP contribution >= 0.6 is 23.3 Å². The molecule has 0 radical (unpaired) electrons. The Morgan fingerprint density at radius 1 is 1.50 bits per heavy atom. The Bertz CT molecular complexity index is 598. The molecule has 2 aromatic rings. The van der Waals surface area contributed by atoms with E-state index in [-0.39, 0.29) is 17.0 Å². The predicted molar refractivity (Wildman–Crippen MR) is 67.1 cm³/mol. The molecule has 0 amide bonds. The maximum Gasteiger partial charge on any atom is 0.280 e. The number of nitro groups is 1. The van der Waals surface area contributed by atoms with Crippen LogP contribution in [0.25, 0.3) is 0 Å². The van der Waals surface area contributed by atoms with Crippen LogP contribution in [-0.4, -0.2) is 20.1 Å².